The van der Waals surface area contributed by atoms with Gasteiger partial charge in [-0.15, -0.1) is 0 Å². The first-order chi connectivity index (χ1) is 7.65. The van der Waals surface area contributed by atoms with Crippen LogP contribution < -0.4 is 0 Å². The van der Waals surface area contributed by atoms with Gasteiger partial charge in [0.25, 0.3) is 0 Å². The molecule has 0 aliphatic rings. The Morgan fingerprint density at radius 1 is 1.06 bits per heavy atom. The van der Waals surface area contributed by atoms with Crippen LogP contribution in [0.1, 0.15) is 5.56 Å². The zero-order valence-electron chi connectivity index (χ0n) is 8.63. The first-order valence-corrected chi connectivity index (χ1v) is 5.97. The third-order valence-electron chi connectivity index (χ3n) is 2.04. The van der Waals surface area contributed by atoms with E-state index < -0.39 is 8.25 Å². The van der Waals surface area contributed by atoms with Crippen LogP contribution in [0, 0.1) is 0 Å². The van der Waals surface area contributed by atoms with Gasteiger partial charge in [0.05, 0.1) is 0 Å². The van der Waals surface area contributed by atoms with E-state index >= 15 is 0 Å². The summed E-state index contributed by atoms with van der Waals surface area (Å²) in [5.41, 5.74) is 1.20. The predicted octanol–water partition coefficient (Wildman–Crippen LogP) is 2.84. The second-order valence-electron chi connectivity index (χ2n) is 3.06. The lowest BCUT2D eigenvalue weighted by molar-refractivity contribution is 0.405. The van der Waals surface area contributed by atoms with Gasteiger partial charge in [0, 0.05) is 0 Å². The number of benzene rings is 2. The number of fused-ring (bicyclic) bond motifs is 1. The Kier molecular flexibility index (Phi) is 4.93. The second-order valence-corrected chi connectivity index (χ2v) is 3.62. The van der Waals surface area contributed by atoms with E-state index in [1.54, 1.807) is 0 Å². The first-order valence-electron chi connectivity index (χ1n) is 4.67. The monoisotopic (exact) mass is 236 g/mol. The van der Waals surface area contributed by atoms with Crippen LogP contribution in [0.5, 0.6) is 0 Å². The molecule has 0 fully saturated rings. The van der Waals surface area contributed by atoms with Gasteiger partial charge in [-0.25, -0.2) is 0 Å². The summed E-state index contributed by atoms with van der Waals surface area (Å²) in [7, 11) is -3.13. The van der Waals surface area contributed by atoms with Gasteiger partial charge in [-0.2, -0.15) is 0 Å². The SMILES string of the molecule is C=Cc1cccc2ccccc12.O=[PH](O)O. The summed E-state index contributed by atoms with van der Waals surface area (Å²) in [6, 6.07) is 14.6. The van der Waals surface area contributed by atoms with Gasteiger partial charge in [0.2, 0.25) is 0 Å². The Labute approximate surface area is 94.6 Å². The van der Waals surface area contributed by atoms with Crippen molar-refractivity contribution in [3.63, 3.8) is 0 Å². The first kappa shape index (κ1) is 12.7. The van der Waals surface area contributed by atoms with Gasteiger partial charge in [0.15, 0.2) is 0 Å². The molecule has 0 amide bonds. The zero-order valence-corrected chi connectivity index (χ0v) is 9.63. The quantitative estimate of drug-likeness (QED) is 0.748. The molecular formula is C12H13O3P. The highest BCUT2D eigenvalue weighted by atomic mass is 31.1. The molecule has 84 valence electrons. The second kappa shape index (κ2) is 6.23. The molecule has 3 nitrogen and oxygen atoms in total. The van der Waals surface area contributed by atoms with Crippen LogP contribution in [-0.2, 0) is 4.57 Å². The minimum absolute atomic E-state index is 1.20. The molecule has 2 aromatic rings. The topological polar surface area (TPSA) is 57.5 Å². The standard InChI is InChI=1S/C12H10.H3O3P/c1-2-10-7-5-8-11-6-3-4-9-12(10)11;1-4(2)3/h2-9H,1H2;4H,(H2,1,2,3). The van der Waals surface area contributed by atoms with Crippen molar-refractivity contribution >= 4 is 25.1 Å². The van der Waals surface area contributed by atoms with Gasteiger partial charge >= 0.3 is 8.25 Å². The molecule has 0 spiro atoms. The third kappa shape index (κ3) is 3.63. The normalized spacial score (nSPS) is 9.69. The van der Waals surface area contributed by atoms with Crippen molar-refractivity contribution in [2.75, 3.05) is 0 Å². The van der Waals surface area contributed by atoms with Crippen LogP contribution in [-0.4, -0.2) is 9.79 Å². The number of hydrogen-bond donors (Lipinski definition) is 2. The molecule has 0 radical (unpaired) electrons. The van der Waals surface area contributed by atoms with E-state index in [-0.39, 0.29) is 0 Å². The molecule has 0 heterocycles. The molecule has 4 heteroatoms. The molecule has 0 saturated heterocycles. The van der Waals surface area contributed by atoms with E-state index in [1.807, 2.05) is 6.08 Å². The summed E-state index contributed by atoms with van der Waals surface area (Å²) in [6.07, 6.45) is 1.89. The van der Waals surface area contributed by atoms with E-state index in [9.17, 15) is 0 Å². The van der Waals surface area contributed by atoms with E-state index in [1.165, 1.54) is 16.3 Å². The smallest absolute Gasteiger partial charge is 0.314 e. The number of hydrogen-bond acceptors (Lipinski definition) is 1. The molecule has 2 aromatic carbocycles. The van der Waals surface area contributed by atoms with Crippen molar-refractivity contribution in [1.82, 2.24) is 0 Å². The van der Waals surface area contributed by atoms with Crippen LogP contribution in [0.15, 0.2) is 49.0 Å². The van der Waals surface area contributed by atoms with E-state index in [0.717, 1.165) is 0 Å². The summed E-state index contributed by atoms with van der Waals surface area (Å²) >= 11 is 0. The van der Waals surface area contributed by atoms with Crippen LogP contribution in [0.3, 0.4) is 0 Å². The molecule has 16 heavy (non-hydrogen) atoms. The Morgan fingerprint density at radius 2 is 1.62 bits per heavy atom. The van der Waals surface area contributed by atoms with Gasteiger partial charge < -0.3 is 9.79 Å². The molecule has 2 rings (SSSR count). The highest BCUT2D eigenvalue weighted by Crippen LogP contribution is 2.18. The highest BCUT2D eigenvalue weighted by Gasteiger charge is 1.93. The van der Waals surface area contributed by atoms with Crippen LogP contribution in [0.4, 0.5) is 0 Å². The molecule has 0 bridgehead atoms. The fourth-order valence-electron chi connectivity index (χ4n) is 1.43. The Bertz CT molecular complexity index is 499. The van der Waals surface area contributed by atoms with Gasteiger partial charge in [-0.1, -0.05) is 55.1 Å². The van der Waals surface area contributed by atoms with Crippen molar-refractivity contribution in [1.29, 1.82) is 0 Å². The van der Waals surface area contributed by atoms with Crippen molar-refractivity contribution in [2.45, 2.75) is 0 Å². The average molecular weight is 236 g/mol. The maximum atomic E-state index is 8.74. The predicted molar refractivity (Wildman–Crippen MR) is 67.5 cm³/mol. The van der Waals surface area contributed by atoms with Crippen LogP contribution >= 0.6 is 8.25 Å². The maximum Gasteiger partial charge on any atom is 0.314 e. The van der Waals surface area contributed by atoms with Crippen LogP contribution in [0.2, 0.25) is 0 Å². The molecule has 0 atom stereocenters. The summed E-state index contributed by atoms with van der Waals surface area (Å²) in [4.78, 5) is 14.3. The molecule has 0 unspecified atom stereocenters. The fourth-order valence-corrected chi connectivity index (χ4v) is 1.43. The summed E-state index contributed by atoms with van der Waals surface area (Å²) in [6.45, 7) is 3.78. The summed E-state index contributed by atoms with van der Waals surface area (Å²) in [5.74, 6) is 0. The Morgan fingerprint density at radius 3 is 2.25 bits per heavy atom. The van der Waals surface area contributed by atoms with E-state index in [0.29, 0.717) is 0 Å². The van der Waals surface area contributed by atoms with E-state index in [2.05, 4.69) is 49.0 Å². The van der Waals surface area contributed by atoms with Gasteiger partial charge in [-0.05, 0) is 16.3 Å². The van der Waals surface area contributed by atoms with Crippen molar-refractivity contribution in [3.05, 3.63) is 54.6 Å². The lowest BCUT2D eigenvalue weighted by atomic mass is 10.1. The van der Waals surface area contributed by atoms with E-state index in [4.69, 9.17) is 14.4 Å². The van der Waals surface area contributed by atoms with Crippen molar-refractivity contribution in [2.24, 2.45) is 0 Å². The minimum Gasteiger partial charge on any atom is -0.326 e. The number of rotatable bonds is 1. The minimum atomic E-state index is -3.13. The lowest BCUT2D eigenvalue weighted by Gasteiger charge is -1.99. The zero-order chi connectivity index (χ0) is 12.0. The molecule has 0 aromatic heterocycles. The largest absolute Gasteiger partial charge is 0.326 e. The van der Waals surface area contributed by atoms with Crippen LogP contribution in [0.25, 0.3) is 16.8 Å². The molecular weight excluding hydrogens is 223 g/mol. The fraction of sp³-hybridized carbons (Fsp3) is 0. The van der Waals surface area contributed by atoms with Crippen molar-refractivity contribution < 1.29 is 14.4 Å². The Hall–Kier alpha value is -1.41. The molecule has 2 N–H and O–H groups in total. The maximum absolute atomic E-state index is 8.74. The average Bonchev–Trinajstić information content (AvgIpc) is 2.27. The summed E-state index contributed by atoms with van der Waals surface area (Å²) < 4.78 is 8.74. The molecule has 0 aliphatic heterocycles. The van der Waals surface area contributed by atoms with Crippen molar-refractivity contribution in [3.8, 4) is 0 Å². The summed E-state index contributed by atoms with van der Waals surface area (Å²) in [5, 5.41) is 2.55. The highest BCUT2D eigenvalue weighted by molar-refractivity contribution is 7.30. The third-order valence-corrected chi connectivity index (χ3v) is 2.04. The molecule has 0 aliphatic carbocycles. The Balaban J connectivity index is 0.000000280. The van der Waals surface area contributed by atoms with Gasteiger partial charge in [0.1, 0.15) is 0 Å². The van der Waals surface area contributed by atoms with Gasteiger partial charge in [-0.3, -0.25) is 4.57 Å². The lowest BCUT2D eigenvalue weighted by Crippen LogP contribution is -1.75. The molecule has 0 saturated carbocycles.